The molecule has 0 bridgehead atoms. The second-order valence-corrected chi connectivity index (χ2v) is 6.33. The predicted molar refractivity (Wildman–Crippen MR) is 95.7 cm³/mol. The van der Waals surface area contributed by atoms with E-state index in [0.717, 1.165) is 6.07 Å². The summed E-state index contributed by atoms with van der Waals surface area (Å²) in [6.07, 6.45) is 0. The molecule has 0 spiro atoms. The van der Waals surface area contributed by atoms with Crippen LogP contribution in [0.5, 0.6) is 11.5 Å². The van der Waals surface area contributed by atoms with Gasteiger partial charge in [0, 0.05) is 23.4 Å². The van der Waals surface area contributed by atoms with Crippen LogP contribution in [0.25, 0.3) is 0 Å². The highest BCUT2D eigenvalue weighted by molar-refractivity contribution is 7.99. The molecule has 1 N–H and O–H groups in total. The molecule has 2 aromatic rings. The zero-order valence-corrected chi connectivity index (χ0v) is 15.1. The number of nitrogens with one attached hydrogen (secondary N) is 1. The van der Waals surface area contributed by atoms with Crippen LogP contribution in [0.4, 0.5) is 14.5 Å². The van der Waals surface area contributed by atoms with Crippen molar-refractivity contribution in [2.75, 3.05) is 25.3 Å². The second-order valence-electron chi connectivity index (χ2n) is 4.94. The van der Waals surface area contributed by atoms with Gasteiger partial charge in [0.05, 0.1) is 30.7 Å². The van der Waals surface area contributed by atoms with Crippen molar-refractivity contribution in [3.8, 4) is 11.5 Å². The van der Waals surface area contributed by atoms with E-state index in [1.807, 2.05) is 0 Å². The van der Waals surface area contributed by atoms with Crippen LogP contribution >= 0.6 is 23.4 Å². The number of carbonyl (C=O) groups excluding carboxylic acids is 1. The fourth-order valence-electron chi connectivity index (χ4n) is 2.06. The summed E-state index contributed by atoms with van der Waals surface area (Å²) < 4.78 is 37.0. The number of benzene rings is 2. The first-order chi connectivity index (χ1) is 12.0. The van der Waals surface area contributed by atoms with Crippen molar-refractivity contribution < 1.29 is 23.0 Å². The third kappa shape index (κ3) is 4.99. The topological polar surface area (TPSA) is 47.6 Å². The van der Waals surface area contributed by atoms with Gasteiger partial charge in [0.25, 0.3) is 0 Å². The van der Waals surface area contributed by atoms with E-state index in [-0.39, 0.29) is 23.0 Å². The van der Waals surface area contributed by atoms with Gasteiger partial charge in [-0.15, -0.1) is 11.8 Å². The smallest absolute Gasteiger partial charge is 0.234 e. The van der Waals surface area contributed by atoms with Crippen LogP contribution in [-0.4, -0.2) is 25.9 Å². The molecule has 0 atom stereocenters. The Morgan fingerprint density at radius 1 is 1.20 bits per heavy atom. The number of rotatable bonds is 7. The SMILES string of the molecule is COc1cc(NC(=O)CSCc2cccc(F)c2F)c(OC)cc1Cl. The summed E-state index contributed by atoms with van der Waals surface area (Å²) in [6.45, 7) is 0. The Morgan fingerprint density at radius 3 is 2.60 bits per heavy atom. The molecule has 1 amide bonds. The maximum Gasteiger partial charge on any atom is 0.234 e. The summed E-state index contributed by atoms with van der Waals surface area (Å²) >= 11 is 7.17. The van der Waals surface area contributed by atoms with Crippen LogP contribution in [0.2, 0.25) is 5.02 Å². The number of halogens is 3. The van der Waals surface area contributed by atoms with Crippen LogP contribution in [0.15, 0.2) is 30.3 Å². The maximum absolute atomic E-state index is 13.6. The molecule has 4 nitrogen and oxygen atoms in total. The van der Waals surface area contributed by atoms with Gasteiger partial charge in [0.1, 0.15) is 11.5 Å². The van der Waals surface area contributed by atoms with Gasteiger partial charge in [-0.3, -0.25) is 4.79 Å². The minimum absolute atomic E-state index is 0.0596. The summed E-state index contributed by atoms with van der Waals surface area (Å²) in [5.41, 5.74) is 0.620. The molecule has 0 saturated carbocycles. The number of hydrogen-bond donors (Lipinski definition) is 1. The molecule has 8 heteroatoms. The highest BCUT2D eigenvalue weighted by atomic mass is 35.5. The molecular weight excluding hydrogens is 372 g/mol. The molecule has 0 saturated heterocycles. The van der Waals surface area contributed by atoms with Crippen LogP contribution in [0, 0.1) is 11.6 Å². The van der Waals surface area contributed by atoms with E-state index in [1.165, 1.54) is 44.2 Å². The van der Waals surface area contributed by atoms with Crippen LogP contribution in [0.3, 0.4) is 0 Å². The first-order valence-electron chi connectivity index (χ1n) is 7.18. The van der Waals surface area contributed by atoms with Gasteiger partial charge < -0.3 is 14.8 Å². The van der Waals surface area contributed by atoms with Gasteiger partial charge in [0.15, 0.2) is 11.6 Å². The van der Waals surface area contributed by atoms with Gasteiger partial charge in [-0.2, -0.15) is 0 Å². The lowest BCUT2D eigenvalue weighted by molar-refractivity contribution is -0.113. The van der Waals surface area contributed by atoms with E-state index in [1.54, 1.807) is 6.07 Å². The van der Waals surface area contributed by atoms with Crippen molar-refractivity contribution in [2.45, 2.75) is 5.75 Å². The number of thioether (sulfide) groups is 1. The Balaban J connectivity index is 1.97. The third-order valence-electron chi connectivity index (χ3n) is 3.27. The molecule has 25 heavy (non-hydrogen) atoms. The first kappa shape index (κ1) is 19.3. The summed E-state index contributed by atoms with van der Waals surface area (Å²) in [5.74, 6) is -1.08. The molecular formula is C17H16ClF2NO3S. The predicted octanol–water partition coefficient (Wildman–Crippen LogP) is 4.51. The van der Waals surface area contributed by atoms with E-state index in [9.17, 15) is 13.6 Å². The molecule has 2 aromatic carbocycles. The van der Waals surface area contributed by atoms with E-state index < -0.39 is 11.6 Å². The molecule has 0 aromatic heterocycles. The molecule has 0 aliphatic rings. The quantitative estimate of drug-likeness (QED) is 0.759. The van der Waals surface area contributed by atoms with E-state index in [2.05, 4.69) is 5.32 Å². The number of hydrogen-bond acceptors (Lipinski definition) is 4. The zero-order valence-electron chi connectivity index (χ0n) is 13.6. The van der Waals surface area contributed by atoms with E-state index >= 15 is 0 Å². The van der Waals surface area contributed by atoms with Crippen LogP contribution in [-0.2, 0) is 10.5 Å². The molecule has 0 radical (unpaired) electrons. The minimum atomic E-state index is -0.902. The Labute approximate surface area is 153 Å². The Kier molecular flexibility index (Phi) is 6.90. The number of amides is 1. The lowest BCUT2D eigenvalue weighted by Gasteiger charge is -2.13. The fraction of sp³-hybridized carbons (Fsp3) is 0.235. The lowest BCUT2D eigenvalue weighted by atomic mass is 10.2. The molecule has 2 rings (SSSR count). The molecule has 0 fully saturated rings. The molecule has 0 heterocycles. The number of ether oxygens (including phenoxy) is 2. The largest absolute Gasteiger partial charge is 0.495 e. The van der Waals surface area contributed by atoms with Gasteiger partial charge >= 0.3 is 0 Å². The summed E-state index contributed by atoms with van der Waals surface area (Å²) in [4.78, 5) is 12.1. The van der Waals surface area contributed by atoms with Gasteiger partial charge in [0.2, 0.25) is 5.91 Å². The van der Waals surface area contributed by atoms with Crippen molar-refractivity contribution in [2.24, 2.45) is 0 Å². The number of carbonyl (C=O) groups is 1. The van der Waals surface area contributed by atoms with Crippen molar-refractivity contribution in [3.05, 3.63) is 52.6 Å². The summed E-state index contributed by atoms with van der Waals surface area (Å²) in [6, 6.07) is 7.05. The average molecular weight is 388 g/mol. The number of methoxy groups -OCH3 is 2. The monoisotopic (exact) mass is 387 g/mol. The lowest BCUT2D eigenvalue weighted by Crippen LogP contribution is -2.15. The maximum atomic E-state index is 13.6. The van der Waals surface area contributed by atoms with Gasteiger partial charge in [-0.05, 0) is 6.07 Å². The molecule has 0 unspecified atom stereocenters. The standard InChI is InChI=1S/C17H16ClF2NO3S/c1-23-14-7-13(15(24-2)6-11(14)18)21-16(22)9-25-8-10-4-3-5-12(19)17(10)20/h3-7H,8-9H2,1-2H3,(H,21,22). The van der Waals surface area contributed by atoms with Crippen LogP contribution < -0.4 is 14.8 Å². The summed E-state index contributed by atoms with van der Waals surface area (Å²) in [5, 5.41) is 3.04. The Bertz CT molecular complexity index is 774. The zero-order chi connectivity index (χ0) is 18.4. The average Bonchev–Trinajstić information content (AvgIpc) is 2.59. The fourth-order valence-corrected chi connectivity index (χ4v) is 3.09. The van der Waals surface area contributed by atoms with Crippen molar-refractivity contribution in [3.63, 3.8) is 0 Å². The second kappa shape index (κ2) is 8.92. The van der Waals surface area contributed by atoms with Crippen LogP contribution in [0.1, 0.15) is 5.56 Å². The molecule has 0 aliphatic heterocycles. The molecule has 0 aliphatic carbocycles. The van der Waals surface area contributed by atoms with Gasteiger partial charge in [-0.1, -0.05) is 23.7 Å². The highest BCUT2D eigenvalue weighted by Crippen LogP contribution is 2.35. The van der Waals surface area contributed by atoms with Crippen molar-refractivity contribution >= 4 is 35.0 Å². The summed E-state index contributed by atoms with van der Waals surface area (Å²) in [7, 11) is 2.91. The highest BCUT2D eigenvalue weighted by Gasteiger charge is 2.13. The Morgan fingerprint density at radius 2 is 1.92 bits per heavy atom. The van der Waals surface area contributed by atoms with E-state index in [0.29, 0.717) is 22.2 Å². The minimum Gasteiger partial charge on any atom is -0.495 e. The number of anilines is 1. The van der Waals surface area contributed by atoms with Crippen molar-refractivity contribution in [1.29, 1.82) is 0 Å². The first-order valence-corrected chi connectivity index (χ1v) is 8.71. The van der Waals surface area contributed by atoms with E-state index in [4.69, 9.17) is 21.1 Å². The Hall–Kier alpha value is -1.99. The normalized spacial score (nSPS) is 10.4. The molecule has 134 valence electrons. The third-order valence-corrected chi connectivity index (χ3v) is 4.55. The van der Waals surface area contributed by atoms with Crippen molar-refractivity contribution in [1.82, 2.24) is 0 Å². The van der Waals surface area contributed by atoms with Gasteiger partial charge in [-0.25, -0.2) is 8.78 Å².